The number of fused-ring (bicyclic) bond motifs is 1. The predicted octanol–water partition coefficient (Wildman–Crippen LogP) is 3.06. The van der Waals surface area contributed by atoms with Gasteiger partial charge in [0.2, 0.25) is 5.91 Å². The Labute approximate surface area is 155 Å². The van der Waals surface area contributed by atoms with E-state index in [2.05, 4.69) is 15.3 Å². The second-order valence-electron chi connectivity index (χ2n) is 5.81. The molecule has 0 aliphatic carbocycles. The van der Waals surface area contributed by atoms with Crippen molar-refractivity contribution in [1.29, 1.82) is 0 Å². The van der Waals surface area contributed by atoms with Crippen molar-refractivity contribution in [2.75, 3.05) is 25.2 Å². The molecule has 0 atom stereocenters. The predicted molar refractivity (Wildman–Crippen MR) is 103 cm³/mol. The Morgan fingerprint density at radius 2 is 1.77 bits per heavy atom. The Kier molecular flexibility index (Phi) is 5.48. The summed E-state index contributed by atoms with van der Waals surface area (Å²) in [6.45, 7) is 0. The van der Waals surface area contributed by atoms with E-state index in [9.17, 15) is 9.59 Å². The Morgan fingerprint density at radius 3 is 2.50 bits per heavy atom. The van der Waals surface area contributed by atoms with Crippen LogP contribution in [-0.4, -0.2) is 46.5 Å². The maximum absolute atomic E-state index is 12.2. The molecule has 3 aromatic rings. The summed E-state index contributed by atoms with van der Waals surface area (Å²) >= 11 is 1.37. The van der Waals surface area contributed by atoms with Crippen LogP contribution in [-0.2, 0) is 4.79 Å². The number of para-hydroxylation sites is 1. The zero-order valence-corrected chi connectivity index (χ0v) is 15.3. The number of thioether (sulfide) groups is 1. The van der Waals surface area contributed by atoms with Crippen LogP contribution in [0.5, 0.6) is 0 Å². The second kappa shape index (κ2) is 7.97. The van der Waals surface area contributed by atoms with Gasteiger partial charge in [-0.2, -0.15) is 0 Å². The molecule has 6 nitrogen and oxygen atoms in total. The highest BCUT2D eigenvalue weighted by atomic mass is 32.2. The van der Waals surface area contributed by atoms with E-state index >= 15 is 0 Å². The van der Waals surface area contributed by atoms with E-state index in [0.29, 0.717) is 11.3 Å². The van der Waals surface area contributed by atoms with Crippen molar-refractivity contribution < 1.29 is 9.59 Å². The van der Waals surface area contributed by atoms with Crippen molar-refractivity contribution in [3.8, 4) is 0 Å². The van der Waals surface area contributed by atoms with Crippen LogP contribution in [0.4, 0.5) is 5.69 Å². The van der Waals surface area contributed by atoms with E-state index in [1.807, 2.05) is 24.3 Å². The molecule has 0 radical (unpaired) electrons. The summed E-state index contributed by atoms with van der Waals surface area (Å²) in [5, 5.41) is 4.53. The fourth-order valence-electron chi connectivity index (χ4n) is 2.38. The smallest absolute Gasteiger partial charge is 0.253 e. The number of carbonyl (C=O) groups excluding carboxylic acids is 2. The lowest BCUT2D eigenvalue weighted by atomic mass is 10.2. The highest BCUT2D eigenvalue weighted by Crippen LogP contribution is 2.24. The van der Waals surface area contributed by atoms with Gasteiger partial charge in [0.25, 0.3) is 5.91 Å². The van der Waals surface area contributed by atoms with Gasteiger partial charge in [-0.15, -0.1) is 0 Å². The molecule has 0 bridgehead atoms. The van der Waals surface area contributed by atoms with Crippen LogP contribution in [0.2, 0.25) is 0 Å². The molecule has 132 valence electrons. The Balaban J connectivity index is 1.61. The number of nitrogens with zero attached hydrogens (tertiary/aromatic N) is 3. The minimum absolute atomic E-state index is 0.0749. The molecule has 0 aliphatic heterocycles. The van der Waals surface area contributed by atoms with Crippen molar-refractivity contribution >= 4 is 40.2 Å². The van der Waals surface area contributed by atoms with Gasteiger partial charge in [-0.1, -0.05) is 30.0 Å². The summed E-state index contributed by atoms with van der Waals surface area (Å²) in [6.07, 6.45) is 1.50. The van der Waals surface area contributed by atoms with Gasteiger partial charge in [0.1, 0.15) is 11.4 Å². The van der Waals surface area contributed by atoms with Crippen LogP contribution in [0.15, 0.2) is 59.9 Å². The van der Waals surface area contributed by atoms with E-state index in [-0.39, 0.29) is 17.6 Å². The van der Waals surface area contributed by atoms with Gasteiger partial charge in [0, 0.05) is 30.7 Å². The molecular weight excluding hydrogens is 348 g/mol. The standard InChI is InChI=1S/C19H18N4O2S/c1-23(2)19(25)13-7-9-14(10-8-13)22-17(24)11-26-18-15-5-3-4-6-16(15)20-12-21-18/h3-10,12H,11H2,1-2H3,(H,22,24). The van der Waals surface area contributed by atoms with Gasteiger partial charge in [-0.3, -0.25) is 9.59 Å². The Morgan fingerprint density at radius 1 is 1.04 bits per heavy atom. The first-order valence-corrected chi connectivity index (χ1v) is 8.97. The van der Waals surface area contributed by atoms with Crippen LogP contribution in [0.25, 0.3) is 10.9 Å². The van der Waals surface area contributed by atoms with Crippen LogP contribution in [0, 0.1) is 0 Å². The fraction of sp³-hybridized carbons (Fsp3) is 0.158. The molecule has 7 heteroatoms. The molecule has 0 saturated heterocycles. The van der Waals surface area contributed by atoms with Crippen molar-refractivity contribution in [3.05, 3.63) is 60.4 Å². The SMILES string of the molecule is CN(C)C(=O)c1ccc(NC(=O)CSc2ncnc3ccccc23)cc1. The lowest BCUT2D eigenvalue weighted by Crippen LogP contribution is -2.21. The summed E-state index contributed by atoms with van der Waals surface area (Å²) in [5.74, 6) is 0.0257. The maximum atomic E-state index is 12.2. The minimum Gasteiger partial charge on any atom is -0.345 e. The molecule has 3 rings (SSSR count). The third kappa shape index (κ3) is 4.18. The third-order valence-electron chi connectivity index (χ3n) is 3.67. The number of amides is 2. The summed E-state index contributed by atoms with van der Waals surface area (Å²) in [5.41, 5.74) is 2.08. The summed E-state index contributed by atoms with van der Waals surface area (Å²) < 4.78 is 0. The highest BCUT2D eigenvalue weighted by Gasteiger charge is 2.10. The number of benzene rings is 2. The van der Waals surface area contributed by atoms with Crippen LogP contribution in [0.1, 0.15) is 10.4 Å². The molecule has 0 fully saturated rings. The first-order chi connectivity index (χ1) is 12.5. The molecule has 2 amide bonds. The first kappa shape index (κ1) is 17.9. The van der Waals surface area contributed by atoms with Crippen molar-refractivity contribution in [2.45, 2.75) is 5.03 Å². The zero-order chi connectivity index (χ0) is 18.5. The number of carbonyl (C=O) groups is 2. The number of aromatic nitrogens is 2. The van der Waals surface area contributed by atoms with Gasteiger partial charge in [-0.25, -0.2) is 9.97 Å². The molecular formula is C19H18N4O2S. The van der Waals surface area contributed by atoms with Gasteiger partial charge in [0.05, 0.1) is 11.3 Å². The number of anilines is 1. The molecule has 0 saturated carbocycles. The van der Waals surface area contributed by atoms with E-state index in [4.69, 9.17) is 0 Å². The van der Waals surface area contributed by atoms with Crippen LogP contribution >= 0.6 is 11.8 Å². The molecule has 2 aromatic carbocycles. The normalized spacial score (nSPS) is 10.5. The molecule has 26 heavy (non-hydrogen) atoms. The van der Waals surface area contributed by atoms with E-state index in [1.165, 1.54) is 23.0 Å². The average Bonchev–Trinajstić information content (AvgIpc) is 2.66. The molecule has 1 N–H and O–H groups in total. The largest absolute Gasteiger partial charge is 0.345 e. The van der Waals surface area contributed by atoms with Gasteiger partial charge < -0.3 is 10.2 Å². The number of hydrogen-bond donors (Lipinski definition) is 1. The second-order valence-corrected chi connectivity index (χ2v) is 6.77. The Hall–Kier alpha value is -2.93. The van der Waals surface area contributed by atoms with Gasteiger partial charge in [0.15, 0.2) is 0 Å². The van der Waals surface area contributed by atoms with Crippen molar-refractivity contribution in [3.63, 3.8) is 0 Å². The number of hydrogen-bond acceptors (Lipinski definition) is 5. The topological polar surface area (TPSA) is 75.2 Å². The summed E-state index contributed by atoms with van der Waals surface area (Å²) in [7, 11) is 3.40. The van der Waals surface area contributed by atoms with Crippen molar-refractivity contribution in [2.24, 2.45) is 0 Å². The molecule has 0 unspecified atom stereocenters. The van der Waals surface area contributed by atoms with Crippen LogP contribution in [0.3, 0.4) is 0 Å². The van der Waals surface area contributed by atoms with Crippen LogP contribution < -0.4 is 5.32 Å². The van der Waals surface area contributed by atoms with Gasteiger partial charge >= 0.3 is 0 Å². The van der Waals surface area contributed by atoms with Gasteiger partial charge in [-0.05, 0) is 30.3 Å². The first-order valence-electron chi connectivity index (χ1n) is 7.98. The van der Waals surface area contributed by atoms with Crippen molar-refractivity contribution in [1.82, 2.24) is 14.9 Å². The highest BCUT2D eigenvalue weighted by molar-refractivity contribution is 8.00. The molecule has 1 heterocycles. The lowest BCUT2D eigenvalue weighted by Gasteiger charge is -2.11. The van der Waals surface area contributed by atoms with E-state index < -0.39 is 0 Å². The number of rotatable bonds is 5. The average molecular weight is 366 g/mol. The number of nitrogens with one attached hydrogen (secondary N) is 1. The van der Waals surface area contributed by atoms with E-state index in [0.717, 1.165) is 15.9 Å². The zero-order valence-electron chi connectivity index (χ0n) is 14.5. The molecule has 1 aromatic heterocycles. The van der Waals surface area contributed by atoms with E-state index in [1.54, 1.807) is 38.4 Å². The minimum atomic E-state index is -0.135. The summed E-state index contributed by atoms with van der Waals surface area (Å²) in [4.78, 5) is 34.1. The third-order valence-corrected chi connectivity index (χ3v) is 4.67. The maximum Gasteiger partial charge on any atom is 0.253 e. The lowest BCUT2D eigenvalue weighted by molar-refractivity contribution is -0.113. The monoisotopic (exact) mass is 366 g/mol. The fourth-order valence-corrected chi connectivity index (χ4v) is 3.17. The molecule has 0 aliphatic rings. The quantitative estimate of drug-likeness (QED) is 0.555. The molecule has 0 spiro atoms. The summed E-state index contributed by atoms with van der Waals surface area (Å²) in [6, 6.07) is 14.5. The Bertz CT molecular complexity index is 936.